The van der Waals surface area contributed by atoms with Gasteiger partial charge in [0.05, 0.1) is 7.11 Å². The summed E-state index contributed by atoms with van der Waals surface area (Å²) in [4.78, 5) is 11.3. The number of benzene rings is 1. The molecule has 0 fully saturated rings. The maximum absolute atomic E-state index is 11.3. The predicted molar refractivity (Wildman–Crippen MR) is 76.4 cm³/mol. The fourth-order valence-corrected chi connectivity index (χ4v) is 1.84. The number of rotatable bonds is 3. The second kappa shape index (κ2) is 5.57. The minimum absolute atomic E-state index is 0.337. The number of ether oxygens (including phenoxy) is 1. The van der Waals surface area contributed by atoms with Crippen LogP contribution in [0.3, 0.4) is 0 Å². The molecule has 0 aliphatic carbocycles. The van der Waals surface area contributed by atoms with E-state index in [1.807, 2.05) is 44.2 Å². The second-order valence-corrected chi connectivity index (χ2v) is 4.43. The van der Waals surface area contributed by atoms with Gasteiger partial charge in [-0.15, -0.1) is 0 Å². The Bertz CT molecular complexity index is 666. The zero-order valence-corrected chi connectivity index (χ0v) is 11.3. The van der Waals surface area contributed by atoms with Gasteiger partial charge in [0.15, 0.2) is 0 Å². The topological polar surface area (TPSA) is 39.4 Å². The van der Waals surface area contributed by atoms with Crippen LogP contribution in [-0.2, 0) is 0 Å². The van der Waals surface area contributed by atoms with Crippen LogP contribution >= 0.6 is 0 Å². The van der Waals surface area contributed by atoms with Crippen molar-refractivity contribution in [2.45, 2.75) is 13.8 Å². The average molecular weight is 256 g/mol. The minimum Gasteiger partial charge on any atom is -0.496 e. The highest BCUT2D eigenvalue weighted by Gasteiger charge is 2.00. The fraction of sp³-hybridized carbons (Fsp3) is 0.188. The van der Waals surface area contributed by atoms with Crippen LogP contribution in [0.4, 0.5) is 0 Å². The third-order valence-corrected chi connectivity index (χ3v) is 2.75. The van der Waals surface area contributed by atoms with Crippen molar-refractivity contribution in [3.05, 3.63) is 63.2 Å². The van der Waals surface area contributed by atoms with Crippen LogP contribution < -0.4 is 10.4 Å². The van der Waals surface area contributed by atoms with Gasteiger partial charge in [-0.3, -0.25) is 0 Å². The monoisotopic (exact) mass is 256 g/mol. The Balaban J connectivity index is 2.34. The Morgan fingerprint density at radius 1 is 1.05 bits per heavy atom. The summed E-state index contributed by atoms with van der Waals surface area (Å²) < 4.78 is 10.4. The van der Waals surface area contributed by atoms with Crippen LogP contribution in [0.1, 0.15) is 22.5 Å². The first kappa shape index (κ1) is 13.1. The summed E-state index contributed by atoms with van der Waals surface area (Å²) in [5.41, 5.74) is 2.62. The number of hydrogen-bond acceptors (Lipinski definition) is 3. The molecule has 0 aliphatic heterocycles. The quantitative estimate of drug-likeness (QED) is 0.844. The molecule has 1 aromatic carbocycles. The summed E-state index contributed by atoms with van der Waals surface area (Å²) in [5.74, 6) is 1.33. The number of aryl methyl sites for hydroxylation is 2. The molecule has 0 saturated heterocycles. The highest BCUT2D eigenvalue weighted by Crippen LogP contribution is 2.22. The summed E-state index contributed by atoms with van der Waals surface area (Å²) >= 11 is 0. The van der Waals surface area contributed by atoms with Crippen molar-refractivity contribution in [3.63, 3.8) is 0 Å². The zero-order chi connectivity index (χ0) is 13.8. The van der Waals surface area contributed by atoms with Gasteiger partial charge in [-0.05, 0) is 49.3 Å². The van der Waals surface area contributed by atoms with E-state index in [4.69, 9.17) is 9.15 Å². The van der Waals surface area contributed by atoms with Gasteiger partial charge in [0.25, 0.3) is 0 Å². The maximum Gasteiger partial charge on any atom is 0.336 e. The lowest BCUT2D eigenvalue weighted by Crippen LogP contribution is -1.97. The van der Waals surface area contributed by atoms with Crippen LogP contribution in [0.5, 0.6) is 5.75 Å². The molecule has 3 heteroatoms. The first-order valence-corrected chi connectivity index (χ1v) is 6.03. The van der Waals surface area contributed by atoms with E-state index in [2.05, 4.69) is 0 Å². The largest absolute Gasteiger partial charge is 0.496 e. The molecule has 0 N–H and O–H groups in total. The zero-order valence-electron chi connectivity index (χ0n) is 11.3. The van der Waals surface area contributed by atoms with Crippen LogP contribution in [0.15, 0.2) is 39.5 Å². The minimum atomic E-state index is -0.337. The van der Waals surface area contributed by atoms with Crippen molar-refractivity contribution in [2.24, 2.45) is 0 Å². The summed E-state index contributed by atoms with van der Waals surface area (Å²) in [5, 5.41) is 0. The van der Waals surface area contributed by atoms with Crippen LogP contribution in [0, 0.1) is 13.8 Å². The molecule has 19 heavy (non-hydrogen) atoms. The lowest BCUT2D eigenvalue weighted by atomic mass is 10.1. The van der Waals surface area contributed by atoms with Crippen molar-refractivity contribution in [1.29, 1.82) is 0 Å². The van der Waals surface area contributed by atoms with E-state index in [0.717, 1.165) is 22.4 Å². The van der Waals surface area contributed by atoms with Gasteiger partial charge in [-0.25, -0.2) is 4.79 Å². The standard InChI is InChI=1S/C16H16O3/c1-11-4-5-13(15(9-11)18-3)6-7-14-8-12(2)10-16(17)19-14/h4-10H,1-3H3/b7-6+. The van der Waals surface area contributed by atoms with Gasteiger partial charge in [-0.1, -0.05) is 12.1 Å². The first-order chi connectivity index (χ1) is 9.08. The Hall–Kier alpha value is -2.29. The molecule has 2 rings (SSSR count). The second-order valence-electron chi connectivity index (χ2n) is 4.43. The molecule has 0 spiro atoms. The lowest BCUT2D eigenvalue weighted by molar-refractivity contribution is 0.413. The lowest BCUT2D eigenvalue weighted by Gasteiger charge is -2.05. The molecular formula is C16H16O3. The molecule has 0 amide bonds. The van der Waals surface area contributed by atoms with E-state index in [1.165, 1.54) is 6.07 Å². The predicted octanol–water partition coefficient (Wildman–Crippen LogP) is 3.44. The normalized spacial score (nSPS) is 10.9. The van der Waals surface area contributed by atoms with Crippen molar-refractivity contribution in [2.75, 3.05) is 7.11 Å². The van der Waals surface area contributed by atoms with Gasteiger partial charge in [-0.2, -0.15) is 0 Å². The molecule has 3 nitrogen and oxygen atoms in total. The van der Waals surface area contributed by atoms with Crippen LogP contribution in [0.2, 0.25) is 0 Å². The van der Waals surface area contributed by atoms with E-state index in [-0.39, 0.29) is 5.63 Å². The maximum atomic E-state index is 11.3. The van der Waals surface area contributed by atoms with Crippen LogP contribution in [0.25, 0.3) is 12.2 Å². The van der Waals surface area contributed by atoms with E-state index in [1.54, 1.807) is 13.2 Å². The SMILES string of the molecule is COc1cc(C)ccc1/C=C/c1cc(C)cc(=O)o1. The number of methoxy groups -OCH3 is 1. The third kappa shape index (κ3) is 3.35. The third-order valence-electron chi connectivity index (χ3n) is 2.75. The van der Waals surface area contributed by atoms with Crippen molar-refractivity contribution >= 4 is 12.2 Å². The molecule has 1 heterocycles. The molecule has 98 valence electrons. The van der Waals surface area contributed by atoms with Gasteiger partial charge in [0.1, 0.15) is 11.5 Å². The molecule has 0 bridgehead atoms. The van der Waals surface area contributed by atoms with E-state index in [9.17, 15) is 4.79 Å². The molecule has 0 unspecified atom stereocenters. The summed E-state index contributed by atoms with van der Waals surface area (Å²) in [7, 11) is 1.64. The van der Waals surface area contributed by atoms with E-state index < -0.39 is 0 Å². The summed E-state index contributed by atoms with van der Waals surface area (Å²) in [6, 6.07) is 9.22. The van der Waals surface area contributed by atoms with Crippen molar-refractivity contribution in [1.82, 2.24) is 0 Å². The molecular weight excluding hydrogens is 240 g/mol. The Morgan fingerprint density at radius 2 is 1.84 bits per heavy atom. The molecule has 0 atom stereocenters. The van der Waals surface area contributed by atoms with E-state index in [0.29, 0.717) is 5.76 Å². The van der Waals surface area contributed by atoms with Crippen molar-refractivity contribution < 1.29 is 9.15 Å². The van der Waals surface area contributed by atoms with E-state index >= 15 is 0 Å². The van der Waals surface area contributed by atoms with Gasteiger partial charge >= 0.3 is 5.63 Å². The Labute approximate surface area is 112 Å². The van der Waals surface area contributed by atoms with Gasteiger partial charge in [0, 0.05) is 11.6 Å². The van der Waals surface area contributed by atoms with Crippen molar-refractivity contribution in [3.8, 4) is 5.75 Å². The molecule has 1 aromatic heterocycles. The highest BCUT2D eigenvalue weighted by atomic mass is 16.5. The smallest absolute Gasteiger partial charge is 0.336 e. The molecule has 0 aliphatic rings. The molecule has 0 saturated carbocycles. The summed E-state index contributed by atoms with van der Waals surface area (Å²) in [6.07, 6.45) is 3.64. The Morgan fingerprint density at radius 3 is 2.53 bits per heavy atom. The summed E-state index contributed by atoms with van der Waals surface area (Å²) in [6.45, 7) is 3.87. The Kier molecular flexibility index (Phi) is 3.85. The van der Waals surface area contributed by atoms with Gasteiger partial charge in [0.2, 0.25) is 0 Å². The molecule has 2 aromatic rings. The average Bonchev–Trinajstić information content (AvgIpc) is 2.36. The first-order valence-electron chi connectivity index (χ1n) is 6.03. The molecule has 0 radical (unpaired) electrons. The fourth-order valence-electron chi connectivity index (χ4n) is 1.84. The van der Waals surface area contributed by atoms with Crippen LogP contribution in [-0.4, -0.2) is 7.11 Å². The highest BCUT2D eigenvalue weighted by molar-refractivity contribution is 5.71. The van der Waals surface area contributed by atoms with Gasteiger partial charge < -0.3 is 9.15 Å². The number of hydrogen-bond donors (Lipinski definition) is 0.